The van der Waals surface area contributed by atoms with E-state index < -0.39 is 0 Å². The fraction of sp³-hybridized carbons (Fsp3) is 0. The molecular weight excluding hydrogens is 268 g/mol. The van der Waals surface area contributed by atoms with E-state index in [1.165, 1.54) is 6.07 Å². The summed E-state index contributed by atoms with van der Waals surface area (Å²) < 4.78 is 0. The van der Waals surface area contributed by atoms with Crippen molar-refractivity contribution >= 4 is 22.1 Å². The summed E-state index contributed by atoms with van der Waals surface area (Å²) in [5, 5.41) is 17.7. The Labute approximate surface area is 119 Å². The summed E-state index contributed by atoms with van der Waals surface area (Å²) in [6.45, 7) is 0. The molecule has 3 aromatic carbocycles. The molecule has 0 spiro atoms. The van der Waals surface area contributed by atoms with Gasteiger partial charge in [-0.05, 0) is 33.3 Å². The predicted octanol–water partition coefficient (Wildman–Crippen LogP) is 5.01. The molecule has 0 aliphatic carbocycles. The second-order valence-corrected chi connectivity index (χ2v) is 4.54. The molecule has 5 nitrogen and oxygen atoms in total. The van der Waals surface area contributed by atoms with Crippen LogP contribution in [0.1, 0.15) is 0 Å². The number of phenols is 1. The number of phenolic OH excluding ortho intramolecular Hbond substituents is 1. The minimum atomic E-state index is -0.256. The van der Waals surface area contributed by atoms with Crippen LogP contribution in [0.15, 0.2) is 65.0 Å². The van der Waals surface area contributed by atoms with Crippen molar-refractivity contribution in [2.24, 2.45) is 10.4 Å². The second-order valence-electron chi connectivity index (χ2n) is 4.54. The van der Waals surface area contributed by atoms with Crippen LogP contribution in [0, 0.1) is 9.81 Å². The number of para-hydroxylation sites is 1. The van der Waals surface area contributed by atoms with Crippen molar-refractivity contribution < 1.29 is 5.11 Å². The summed E-state index contributed by atoms with van der Waals surface area (Å²) in [6.07, 6.45) is 0. The molecule has 0 heterocycles. The van der Waals surface area contributed by atoms with E-state index in [2.05, 4.69) is 10.4 Å². The molecule has 0 aromatic heterocycles. The van der Waals surface area contributed by atoms with E-state index in [0.29, 0.717) is 11.1 Å². The van der Waals surface area contributed by atoms with Crippen molar-refractivity contribution in [3.63, 3.8) is 0 Å². The lowest BCUT2D eigenvalue weighted by Gasteiger charge is -2.11. The summed E-state index contributed by atoms with van der Waals surface area (Å²) in [6, 6.07) is 15.4. The normalized spacial score (nSPS) is 10.5. The smallest absolute Gasteiger partial charge is 0.152 e. The van der Waals surface area contributed by atoms with Gasteiger partial charge in [-0.3, -0.25) is 0 Å². The summed E-state index contributed by atoms with van der Waals surface area (Å²) in [5.74, 6) is -0.256. The highest BCUT2D eigenvalue weighted by Gasteiger charge is 2.16. The third kappa shape index (κ3) is 2.04. The van der Waals surface area contributed by atoms with Crippen LogP contribution in [0.3, 0.4) is 0 Å². The number of aromatic hydroxyl groups is 1. The Morgan fingerprint density at radius 2 is 1.52 bits per heavy atom. The highest BCUT2D eigenvalue weighted by Crippen LogP contribution is 2.44. The van der Waals surface area contributed by atoms with E-state index in [0.717, 1.165) is 10.8 Å². The van der Waals surface area contributed by atoms with Gasteiger partial charge in [-0.25, -0.2) is 0 Å². The van der Waals surface area contributed by atoms with E-state index in [-0.39, 0.29) is 17.1 Å². The first-order valence-corrected chi connectivity index (χ1v) is 6.27. The molecule has 5 heteroatoms. The van der Waals surface area contributed by atoms with Crippen LogP contribution in [-0.4, -0.2) is 5.11 Å². The van der Waals surface area contributed by atoms with Gasteiger partial charge in [-0.2, -0.15) is 0 Å². The highest BCUT2D eigenvalue weighted by molar-refractivity contribution is 6.03. The molecule has 0 saturated heterocycles. The number of hydrogen-bond acceptors (Lipinski definition) is 5. The minimum Gasteiger partial charge on any atom is -0.505 e. The van der Waals surface area contributed by atoms with Crippen molar-refractivity contribution in [1.82, 2.24) is 0 Å². The van der Waals surface area contributed by atoms with Gasteiger partial charge in [0, 0.05) is 11.1 Å². The molecule has 0 aliphatic heterocycles. The SMILES string of the molecule is O=Nc1cccc(-c2c(N=O)ccc3ccccc23)c1O. The summed E-state index contributed by atoms with van der Waals surface area (Å²) >= 11 is 0. The van der Waals surface area contributed by atoms with Crippen LogP contribution < -0.4 is 0 Å². The lowest BCUT2D eigenvalue weighted by atomic mass is 9.95. The molecule has 0 amide bonds. The molecule has 0 atom stereocenters. The van der Waals surface area contributed by atoms with Gasteiger partial charge in [-0.15, -0.1) is 9.81 Å². The third-order valence-corrected chi connectivity index (χ3v) is 3.39. The summed E-state index contributed by atoms with van der Waals surface area (Å²) in [5.41, 5.74) is 0.980. The number of rotatable bonds is 3. The first-order chi connectivity index (χ1) is 10.3. The Morgan fingerprint density at radius 3 is 2.29 bits per heavy atom. The number of nitroso groups, excluding NO2 is 2. The largest absolute Gasteiger partial charge is 0.505 e. The topological polar surface area (TPSA) is 79.1 Å². The number of fused-ring (bicyclic) bond motifs is 1. The standard InChI is InChI=1S/C16H10N2O3/c19-16-12(6-3-7-14(16)18-21)15-11-5-2-1-4-10(11)8-9-13(15)17-20/h1-9,19H. The van der Waals surface area contributed by atoms with Crippen molar-refractivity contribution in [3.05, 3.63) is 64.4 Å². The van der Waals surface area contributed by atoms with Gasteiger partial charge in [0.2, 0.25) is 0 Å². The molecule has 0 bridgehead atoms. The average Bonchev–Trinajstić information content (AvgIpc) is 2.54. The van der Waals surface area contributed by atoms with Gasteiger partial charge in [0.1, 0.15) is 11.4 Å². The molecule has 3 aromatic rings. The van der Waals surface area contributed by atoms with E-state index >= 15 is 0 Å². The molecule has 102 valence electrons. The Bertz CT molecular complexity index is 859. The van der Waals surface area contributed by atoms with Gasteiger partial charge >= 0.3 is 0 Å². The Hall–Kier alpha value is -3.08. The van der Waals surface area contributed by atoms with Gasteiger partial charge < -0.3 is 5.11 Å². The highest BCUT2D eigenvalue weighted by atomic mass is 16.3. The van der Waals surface area contributed by atoms with Gasteiger partial charge in [0.25, 0.3) is 0 Å². The fourth-order valence-electron chi connectivity index (χ4n) is 2.43. The van der Waals surface area contributed by atoms with Crippen molar-refractivity contribution in [2.45, 2.75) is 0 Å². The first kappa shape index (κ1) is 12.9. The monoisotopic (exact) mass is 278 g/mol. The number of nitrogens with zero attached hydrogens (tertiary/aromatic N) is 2. The Kier molecular flexibility index (Phi) is 3.16. The van der Waals surface area contributed by atoms with Crippen molar-refractivity contribution in [2.75, 3.05) is 0 Å². The molecule has 1 N–H and O–H groups in total. The van der Waals surface area contributed by atoms with Crippen LogP contribution in [-0.2, 0) is 0 Å². The maximum Gasteiger partial charge on any atom is 0.152 e. The molecular formula is C16H10N2O3. The van der Waals surface area contributed by atoms with Crippen LogP contribution in [0.2, 0.25) is 0 Å². The van der Waals surface area contributed by atoms with Crippen molar-refractivity contribution in [3.8, 4) is 16.9 Å². The van der Waals surface area contributed by atoms with E-state index in [1.807, 2.05) is 24.3 Å². The summed E-state index contributed by atoms with van der Waals surface area (Å²) in [4.78, 5) is 21.8. The van der Waals surface area contributed by atoms with Gasteiger partial charge in [0.05, 0.1) is 0 Å². The van der Waals surface area contributed by atoms with Crippen LogP contribution in [0.5, 0.6) is 5.75 Å². The van der Waals surface area contributed by atoms with E-state index in [1.54, 1.807) is 24.3 Å². The molecule has 0 unspecified atom stereocenters. The predicted molar refractivity (Wildman–Crippen MR) is 82.0 cm³/mol. The maximum atomic E-state index is 11.1. The molecule has 21 heavy (non-hydrogen) atoms. The first-order valence-electron chi connectivity index (χ1n) is 6.27. The van der Waals surface area contributed by atoms with Crippen LogP contribution >= 0.6 is 0 Å². The third-order valence-electron chi connectivity index (χ3n) is 3.39. The Balaban J connectivity index is 2.44. The van der Waals surface area contributed by atoms with Crippen molar-refractivity contribution in [1.29, 1.82) is 0 Å². The second kappa shape index (κ2) is 5.13. The van der Waals surface area contributed by atoms with Gasteiger partial charge in [0.15, 0.2) is 5.75 Å². The molecule has 0 radical (unpaired) electrons. The fourth-order valence-corrected chi connectivity index (χ4v) is 2.43. The molecule has 0 aliphatic rings. The number of hydrogen-bond donors (Lipinski definition) is 1. The van der Waals surface area contributed by atoms with E-state index in [9.17, 15) is 14.9 Å². The number of benzene rings is 3. The molecule has 0 fully saturated rings. The molecule has 3 rings (SSSR count). The maximum absolute atomic E-state index is 11.1. The zero-order valence-corrected chi connectivity index (χ0v) is 10.9. The minimum absolute atomic E-state index is 0.0720. The van der Waals surface area contributed by atoms with Crippen LogP contribution in [0.25, 0.3) is 21.9 Å². The van der Waals surface area contributed by atoms with Crippen LogP contribution in [0.4, 0.5) is 11.4 Å². The zero-order chi connectivity index (χ0) is 14.8. The summed E-state index contributed by atoms with van der Waals surface area (Å²) in [7, 11) is 0. The lowest BCUT2D eigenvalue weighted by Crippen LogP contribution is -1.84. The van der Waals surface area contributed by atoms with E-state index in [4.69, 9.17) is 0 Å². The average molecular weight is 278 g/mol. The quantitative estimate of drug-likeness (QED) is 0.684. The Morgan fingerprint density at radius 1 is 0.762 bits per heavy atom. The van der Waals surface area contributed by atoms with Gasteiger partial charge in [-0.1, -0.05) is 42.5 Å². The zero-order valence-electron chi connectivity index (χ0n) is 10.9. The molecule has 0 saturated carbocycles. The lowest BCUT2D eigenvalue weighted by molar-refractivity contribution is 0.479.